The van der Waals surface area contributed by atoms with Crippen LogP contribution in [0, 0.1) is 0 Å². The van der Waals surface area contributed by atoms with E-state index in [0.717, 1.165) is 24.3 Å². The lowest BCUT2D eigenvalue weighted by molar-refractivity contribution is 0.603. The second kappa shape index (κ2) is 7.06. The molecule has 0 saturated carbocycles. The Balaban J connectivity index is 2.11. The molecule has 0 aliphatic carbocycles. The maximum atomic E-state index is 12.3. The molecular formula is C15H20N2O2S2. The zero-order valence-corrected chi connectivity index (χ0v) is 13.9. The molecule has 2 N–H and O–H groups in total. The third kappa shape index (κ3) is 4.30. The SMILES string of the molecule is CCc1ccc(NS(=O)(=O)c2ccc(CCNC)s2)cc1. The first kappa shape index (κ1) is 16.0. The zero-order valence-electron chi connectivity index (χ0n) is 12.2. The molecule has 1 aromatic heterocycles. The number of aryl methyl sites for hydroxylation is 1. The summed E-state index contributed by atoms with van der Waals surface area (Å²) >= 11 is 1.32. The van der Waals surface area contributed by atoms with Crippen molar-refractivity contribution in [1.29, 1.82) is 0 Å². The largest absolute Gasteiger partial charge is 0.319 e. The maximum Gasteiger partial charge on any atom is 0.271 e. The first-order chi connectivity index (χ1) is 10.0. The molecule has 0 spiro atoms. The fourth-order valence-corrected chi connectivity index (χ4v) is 4.31. The molecule has 0 aliphatic heterocycles. The van der Waals surface area contributed by atoms with Crippen molar-refractivity contribution in [1.82, 2.24) is 5.32 Å². The van der Waals surface area contributed by atoms with Crippen LogP contribution in [-0.4, -0.2) is 22.0 Å². The summed E-state index contributed by atoms with van der Waals surface area (Å²) < 4.78 is 27.6. The molecule has 114 valence electrons. The summed E-state index contributed by atoms with van der Waals surface area (Å²) in [6.07, 6.45) is 1.77. The Labute approximate surface area is 130 Å². The highest BCUT2D eigenvalue weighted by Gasteiger charge is 2.16. The average Bonchev–Trinajstić information content (AvgIpc) is 2.95. The van der Waals surface area contributed by atoms with Crippen LogP contribution in [0.5, 0.6) is 0 Å². The molecule has 0 saturated heterocycles. The van der Waals surface area contributed by atoms with E-state index in [2.05, 4.69) is 17.0 Å². The summed E-state index contributed by atoms with van der Waals surface area (Å²) in [6.45, 7) is 2.91. The number of nitrogens with one attached hydrogen (secondary N) is 2. The Hall–Kier alpha value is -1.37. The van der Waals surface area contributed by atoms with Crippen molar-refractivity contribution in [2.75, 3.05) is 18.3 Å². The van der Waals surface area contributed by atoms with Crippen molar-refractivity contribution in [2.45, 2.75) is 24.0 Å². The van der Waals surface area contributed by atoms with Crippen LogP contribution in [0.1, 0.15) is 17.4 Å². The summed E-state index contributed by atoms with van der Waals surface area (Å²) in [6, 6.07) is 11.0. The Morgan fingerprint density at radius 2 is 1.81 bits per heavy atom. The minimum absolute atomic E-state index is 0.355. The number of rotatable bonds is 7. The molecule has 21 heavy (non-hydrogen) atoms. The third-order valence-electron chi connectivity index (χ3n) is 3.14. The van der Waals surface area contributed by atoms with E-state index in [-0.39, 0.29) is 0 Å². The quantitative estimate of drug-likeness (QED) is 0.823. The van der Waals surface area contributed by atoms with Gasteiger partial charge in [0.1, 0.15) is 4.21 Å². The van der Waals surface area contributed by atoms with Gasteiger partial charge in [0.25, 0.3) is 10.0 Å². The van der Waals surface area contributed by atoms with Gasteiger partial charge in [0.15, 0.2) is 0 Å². The highest BCUT2D eigenvalue weighted by atomic mass is 32.2. The zero-order chi connectivity index (χ0) is 15.3. The minimum Gasteiger partial charge on any atom is -0.319 e. The fourth-order valence-electron chi connectivity index (χ4n) is 1.90. The van der Waals surface area contributed by atoms with Crippen LogP contribution in [0.15, 0.2) is 40.6 Å². The monoisotopic (exact) mass is 324 g/mol. The van der Waals surface area contributed by atoms with Gasteiger partial charge in [-0.05, 0) is 56.3 Å². The summed E-state index contributed by atoms with van der Waals surface area (Å²) in [5.41, 5.74) is 1.78. The van der Waals surface area contributed by atoms with Gasteiger partial charge in [0.05, 0.1) is 0 Å². The lowest BCUT2D eigenvalue weighted by Crippen LogP contribution is -2.11. The molecule has 0 fully saturated rings. The number of sulfonamides is 1. The fraction of sp³-hybridized carbons (Fsp3) is 0.333. The first-order valence-corrected chi connectivity index (χ1v) is 9.20. The number of likely N-dealkylation sites (N-methyl/N-ethyl adjacent to an activating group) is 1. The van der Waals surface area contributed by atoms with Crippen molar-refractivity contribution in [3.8, 4) is 0 Å². The number of hydrogen-bond acceptors (Lipinski definition) is 4. The molecule has 4 nitrogen and oxygen atoms in total. The lowest BCUT2D eigenvalue weighted by atomic mass is 10.2. The Morgan fingerprint density at radius 1 is 1.10 bits per heavy atom. The summed E-state index contributed by atoms with van der Waals surface area (Å²) in [5.74, 6) is 0. The average molecular weight is 324 g/mol. The van der Waals surface area contributed by atoms with E-state index in [0.29, 0.717) is 9.90 Å². The topological polar surface area (TPSA) is 58.2 Å². The summed E-state index contributed by atoms with van der Waals surface area (Å²) in [7, 11) is -1.61. The van der Waals surface area contributed by atoms with Crippen LogP contribution < -0.4 is 10.0 Å². The molecule has 0 aliphatic rings. The van der Waals surface area contributed by atoms with Gasteiger partial charge in [0, 0.05) is 10.6 Å². The molecule has 1 aromatic carbocycles. The number of anilines is 1. The maximum absolute atomic E-state index is 12.3. The van der Waals surface area contributed by atoms with Crippen molar-refractivity contribution >= 4 is 27.0 Å². The second-order valence-corrected chi connectivity index (χ2v) is 7.81. The molecule has 0 bridgehead atoms. The van der Waals surface area contributed by atoms with E-state index >= 15 is 0 Å². The van der Waals surface area contributed by atoms with Gasteiger partial charge < -0.3 is 5.32 Å². The Bertz CT molecular complexity index is 676. The van der Waals surface area contributed by atoms with Crippen molar-refractivity contribution < 1.29 is 8.42 Å². The molecule has 2 aromatic rings. The van der Waals surface area contributed by atoms with Gasteiger partial charge in [-0.25, -0.2) is 8.42 Å². The minimum atomic E-state index is -3.49. The molecule has 0 amide bonds. The molecule has 1 heterocycles. The molecule has 2 rings (SSSR count). The van der Waals surface area contributed by atoms with Gasteiger partial charge in [-0.1, -0.05) is 19.1 Å². The highest BCUT2D eigenvalue weighted by Crippen LogP contribution is 2.24. The summed E-state index contributed by atoms with van der Waals surface area (Å²) in [4.78, 5) is 1.06. The van der Waals surface area contributed by atoms with E-state index in [9.17, 15) is 8.42 Å². The van der Waals surface area contributed by atoms with Crippen LogP contribution in [0.2, 0.25) is 0 Å². The molecule has 0 radical (unpaired) electrons. The first-order valence-electron chi connectivity index (χ1n) is 6.90. The predicted octanol–water partition coefficient (Wildman–Crippen LogP) is 2.87. The molecule has 0 atom stereocenters. The van der Waals surface area contributed by atoms with Crippen molar-refractivity contribution in [3.05, 3.63) is 46.8 Å². The van der Waals surface area contributed by atoms with Gasteiger partial charge in [-0.2, -0.15) is 0 Å². The normalized spacial score (nSPS) is 11.5. The van der Waals surface area contributed by atoms with Crippen LogP contribution in [0.4, 0.5) is 5.69 Å². The van der Waals surface area contributed by atoms with Crippen molar-refractivity contribution in [2.24, 2.45) is 0 Å². The summed E-state index contributed by atoms with van der Waals surface area (Å²) in [5, 5.41) is 3.06. The number of benzene rings is 1. The number of thiophene rings is 1. The Kier molecular flexibility index (Phi) is 5.39. The van der Waals surface area contributed by atoms with Crippen LogP contribution in [0.3, 0.4) is 0 Å². The second-order valence-electron chi connectivity index (χ2n) is 4.73. The van der Waals surface area contributed by atoms with Gasteiger partial charge in [-0.3, -0.25) is 4.72 Å². The van der Waals surface area contributed by atoms with Crippen LogP contribution >= 0.6 is 11.3 Å². The van der Waals surface area contributed by atoms with Gasteiger partial charge in [0.2, 0.25) is 0 Å². The lowest BCUT2D eigenvalue weighted by Gasteiger charge is -2.06. The van der Waals surface area contributed by atoms with E-state index < -0.39 is 10.0 Å². The van der Waals surface area contributed by atoms with Gasteiger partial charge >= 0.3 is 0 Å². The van der Waals surface area contributed by atoms with Crippen LogP contribution in [-0.2, 0) is 22.9 Å². The number of hydrogen-bond donors (Lipinski definition) is 2. The standard InChI is InChI=1S/C15H20N2O2S2/c1-3-12-4-6-13(7-5-12)17-21(18,19)15-9-8-14(20-15)10-11-16-2/h4-9,16-17H,3,10-11H2,1-2H3. The van der Waals surface area contributed by atoms with Gasteiger partial charge in [-0.15, -0.1) is 11.3 Å². The smallest absolute Gasteiger partial charge is 0.271 e. The van der Waals surface area contributed by atoms with Crippen molar-refractivity contribution in [3.63, 3.8) is 0 Å². The highest BCUT2D eigenvalue weighted by molar-refractivity contribution is 7.94. The third-order valence-corrected chi connectivity index (χ3v) is 6.16. The van der Waals surface area contributed by atoms with E-state index in [1.807, 2.05) is 25.2 Å². The molecular weight excluding hydrogens is 304 g/mol. The Morgan fingerprint density at radius 3 is 2.43 bits per heavy atom. The van der Waals surface area contributed by atoms with E-state index in [4.69, 9.17) is 0 Å². The predicted molar refractivity (Wildman–Crippen MR) is 88.6 cm³/mol. The van der Waals surface area contributed by atoms with E-state index in [1.165, 1.54) is 16.9 Å². The van der Waals surface area contributed by atoms with E-state index in [1.54, 1.807) is 18.2 Å². The molecule has 6 heteroatoms. The molecule has 0 unspecified atom stereocenters. The van der Waals surface area contributed by atoms with Crippen LogP contribution in [0.25, 0.3) is 0 Å².